The highest BCUT2D eigenvalue weighted by Gasteiger charge is 2.30. The molecular formula is C23H27F3N2O3S. The Bertz CT molecular complexity index is 1030. The minimum atomic E-state index is -4.41. The Labute approximate surface area is 186 Å². The summed E-state index contributed by atoms with van der Waals surface area (Å²) in [7, 11) is -3.57. The predicted octanol–water partition coefficient (Wildman–Crippen LogP) is 5.41. The van der Waals surface area contributed by atoms with Gasteiger partial charge in [0.15, 0.2) is 0 Å². The lowest BCUT2D eigenvalue weighted by Gasteiger charge is -2.26. The van der Waals surface area contributed by atoms with Gasteiger partial charge in [0.2, 0.25) is 10.0 Å². The molecule has 0 unspecified atom stereocenters. The summed E-state index contributed by atoms with van der Waals surface area (Å²) in [4.78, 5) is 5.51. The molecule has 0 aliphatic carbocycles. The Kier molecular flexibility index (Phi) is 7.95. The summed E-state index contributed by atoms with van der Waals surface area (Å²) >= 11 is 0. The van der Waals surface area contributed by atoms with Gasteiger partial charge in [0.1, 0.15) is 6.61 Å². The number of oxime groups is 1. The van der Waals surface area contributed by atoms with E-state index in [4.69, 9.17) is 4.84 Å². The van der Waals surface area contributed by atoms with Crippen molar-refractivity contribution >= 4 is 15.7 Å². The second-order valence-corrected chi connectivity index (χ2v) is 9.72. The normalized spacial score (nSPS) is 15.6. The van der Waals surface area contributed by atoms with Crippen LogP contribution in [-0.2, 0) is 34.1 Å². The van der Waals surface area contributed by atoms with Crippen LogP contribution in [0.25, 0.3) is 0 Å². The van der Waals surface area contributed by atoms with Crippen molar-refractivity contribution in [3.05, 3.63) is 65.2 Å². The Hall–Kier alpha value is -2.39. The van der Waals surface area contributed by atoms with Gasteiger partial charge in [0.25, 0.3) is 0 Å². The van der Waals surface area contributed by atoms with Gasteiger partial charge in [-0.1, -0.05) is 42.8 Å². The van der Waals surface area contributed by atoms with E-state index in [-0.39, 0.29) is 24.6 Å². The minimum Gasteiger partial charge on any atom is -0.391 e. The van der Waals surface area contributed by atoms with Gasteiger partial charge < -0.3 is 4.84 Å². The molecule has 1 aliphatic heterocycles. The number of nitrogens with zero attached hydrogens (tertiary/aromatic N) is 2. The third-order valence-electron chi connectivity index (χ3n) is 5.36. The molecule has 5 nitrogen and oxygen atoms in total. The first-order valence-electron chi connectivity index (χ1n) is 10.6. The van der Waals surface area contributed by atoms with Crippen LogP contribution < -0.4 is 0 Å². The summed E-state index contributed by atoms with van der Waals surface area (Å²) in [6, 6.07) is 11.9. The van der Waals surface area contributed by atoms with Crippen molar-refractivity contribution in [2.45, 2.75) is 56.7 Å². The first-order chi connectivity index (χ1) is 15.2. The van der Waals surface area contributed by atoms with Crippen molar-refractivity contribution < 1.29 is 26.4 Å². The number of sulfonamides is 1. The van der Waals surface area contributed by atoms with Crippen molar-refractivity contribution in [1.82, 2.24) is 4.31 Å². The zero-order valence-electron chi connectivity index (χ0n) is 17.9. The summed E-state index contributed by atoms with van der Waals surface area (Å²) < 4.78 is 65.6. The molecule has 1 heterocycles. The van der Waals surface area contributed by atoms with Gasteiger partial charge in [0.05, 0.1) is 16.2 Å². The molecule has 0 radical (unpaired) electrons. The van der Waals surface area contributed by atoms with Crippen molar-refractivity contribution in [3.8, 4) is 0 Å². The highest BCUT2D eigenvalue weighted by atomic mass is 32.2. The van der Waals surface area contributed by atoms with Crippen LogP contribution in [0.15, 0.2) is 58.6 Å². The Morgan fingerprint density at radius 1 is 1.03 bits per heavy atom. The van der Waals surface area contributed by atoms with E-state index in [1.807, 2.05) is 12.1 Å². The maximum absolute atomic E-state index is 12.9. The van der Waals surface area contributed by atoms with E-state index in [2.05, 4.69) is 12.1 Å². The molecule has 9 heteroatoms. The molecule has 1 saturated heterocycles. The number of alkyl halides is 3. The summed E-state index contributed by atoms with van der Waals surface area (Å²) in [6.45, 7) is 2.60. The molecule has 32 heavy (non-hydrogen) atoms. The van der Waals surface area contributed by atoms with Crippen LogP contribution in [0.3, 0.4) is 0 Å². The third kappa shape index (κ3) is 6.32. The monoisotopic (exact) mass is 468 g/mol. The molecular weight excluding hydrogens is 441 g/mol. The number of benzene rings is 2. The Balaban J connectivity index is 1.53. The zero-order chi connectivity index (χ0) is 23.2. The van der Waals surface area contributed by atoms with Gasteiger partial charge in [-0.15, -0.1) is 0 Å². The fourth-order valence-electron chi connectivity index (χ4n) is 3.47. The molecule has 0 saturated carbocycles. The molecule has 0 bridgehead atoms. The molecule has 2 aromatic carbocycles. The van der Waals surface area contributed by atoms with Crippen molar-refractivity contribution in [2.24, 2.45) is 5.16 Å². The first-order valence-corrected chi connectivity index (χ1v) is 12.1. The lowest BCUT2D eigenvalue weighted by atomic mass is 10.1. The average Bonchev–Trinajstić information content (AvgIpc) is 2.78. The van der Waals surface area contributed by atoms with Crippen LogP contribution in [0.1, 0.15) is 49.3 Å². The van der Waals surface area contributed by atoms with Gasteiger partial charge in [-0.25, -0.2) is 8.42 Å². The smallest absolute Gasteiger partial charge is 0.391 e. The number of halogens is 3. The zero-order valence-corrected chi connectivity index (χ0v) is 18.8. The quantitative estimate of drug-likeness (QED) is 0.487. The second-order valence-electron chi connectivity index (χ2n) is 7.78. The predicted molar refractivity (Wildman–Crippen MR) is 117 cm³/mol. The molecule has 0 aromatic heterocycles. The van der Waals surface area contributed by atoms with E-state index in [0.717, 1.165) is 37.0 Å². The Morgan fingerprint density at radius 3 is 2.34 bits per heavy atom. The maximum Gasteiger partial charge on any atom is 0.416 e. The number of aryl methyl sites for hydroxylation is 1. The van der Waals surface area contributed by atoms with E-state index < -0.39 is 21.8 Å². The highest BCUT2D eigenvalue weighted by Crippen LogP contribution is 2.29. The average molecular weight is 469 g/mol. The van der Waals surface area contributed by atoms with Crippen molar-refractivity contribution in [3.63, 3.8) is 0 Å². The van der Waals surface area contributed by atoms with Crippen molar-refractivity contribution in [1.29, 1.82) is 0 Å². The van der Waals surface area contributed by atoms with Crippen LogP contribution in [0.2, 0.25) is 0 Å². The summed E-state index contributed by atoms with van der Waals surface area (Å²) in [5.41, 5.74) is 1.45. The lowest BCUT2D eigenvalue weighted by Crippen LogP contribution is -2.38. The van der Waals surface area contributed by atoms with Gasteiger partial charge >= 0.3 is 6.18 Å². The first kappa shape index (κ1) is 24.3. The topological polar surface area (TPSA) is 59.0 Å². The van der Waals surface area contributed by atoms with E-state index in [1.165, 1.54) is 16.4 Å². The van der Waals surface area contributed by atoms with Gasteiger partial charge in [-0.3, -0.25) is 0 Å². The molecule has 3 rings (SSSR count). The summed E-state index contributed by atoms with van der Waals surface area (Å²) in [5, 5.41) is 4.01. The molecule has 0 atom stereocenters. The molecule has 1 fully saturated rings. The van der Waals surface area contributed by atoms with Crippen molar-refractivity contribution in [2.75, 3.05) is 13.1 Å². The third-order valence-corrected chi connectivity index (χ3v) is 7.27. The molecule has 2 aromatic rings. The summed E-state index contributed by atoms with van der Waals surface area (Å²) in [6.07, 6.45) is -0.499. The summed E-state index contributed by atoms with van der Waals surface area (Å²) in [5.74, 6) is 0. The number of hydrogen-bond donors (Lipinski definition) is 0. The fraction of sp³-hybridized carbons (Fsp3) is 0.435. The maximum atomic E-state index is 12.9. The van der Waals surface area contributed by atoms with Crippen LogP contribution in [-0.4, -0.2) is 31.5 Å². The highest BCUT2D eigenvalue weighted by molar-refractivity contribution is 7.89. The largest absolute Gasteiger partial charge is 0.416 e. The molecule has 0 amide bonds. The number of hydrogen-bond acceptors (Lipinski definition) is 4. The molecule has 1 aliphatic rings. The van der Waals surface area contributed by atoms with Gasteiger partial charge in [-0.2, -0.15) is 17.5 Å². The number of unbranched alkanes of at least 4 members (excludes halogenated alkanes) is 1. The van der Waals surface area contributed by atoms with E-state index in [9.17, 15) is 21.6 Å². The number of piperidine rings is 1. The van der Waals surface area contributed by atoms with Crippen LogP contribution in [0.5, 0.6) is 0 Å². The second kappa shape index (κ2) is 10.5. The van der Waals surface area contributed by atoms with E-state index in [0.29, 0.717) is 24.1 Å². The van der Waals surface area contributed by atoms with E-state index >= 15 is 0 Å². The SMILES string of the molecule is CCCCc1ccc(S(=O)(=O)N2CCC(=NOCc3cccc(C(F)(F)F)c3)CC2)cc1. The van der Waals surface area contributed by atoms with Crippen LogP contribution in [0, 0.1) is 0 Å². The van der Waals surface area contributed by atoms with Crippen LogP contribution in [0.4, 0.5) is 13.2 Å². The Morgan fingerprint density at radius 2 is 1.72 bits per heavy atom. The van der Waals surface area contributed by atoms with Gasteiger partial charge in [0, 0.05) is 25.9 Å². The molecule has 0 N–H and O–H groups in total. The standard InChI is InChI=1S/C23H27F3N2O3S/c1-2-3-5-18-8-10-22(11-9-18)32(29,30)28-14-12-21(13-15-28)27-31-17-19-6-4-7-20(16-19)23(24,25)26/h4,6-11,16H,2-3,5,12-15,17H2,1H3. The molecule has 174 valence electrons. The van der Waals surface area contributed by atoms with Gasteiger partial charge in [-0.05, 0) is 48.2 Å². The lowest BCUT2D eigenvalue weighted by molar-refractivity contribution is -0.137. The number of rotatable bonds is 8. The molecule has 0 spiro atoms. The fourth-order valence-corrected chi connectivity index (χ4v) is 4.91. The van der Waals surface area contributed by atoms with Crippen LogP contribution >= 0.6 is 0 Å². The minimum absolute atomic E-state index is 0.0835. The van der Waals surface area contributed by atoms with E-state index in [1.54, 1.807) is 12.1 Å².